The van der Waals surface area contributed by atoms with Crippen molar-refractivity contribution in [1.82, 2.24) is 0 Å². The van der Waals surface area contributed by atoms with Crippen molar-refractivity contribution >= 4 is 11.3 Å². The van der Waals surface area contributed by atoms with Gasteiger partial charge in [0.05, 0.1) is 11.4 Å². The summed E-state index contributed by atoms with van der Waals surface area (Å²) in [6.07, 6.45) is 3.64. The van der Waals surface area contributed by atoms with E-state index in [0.717, 1.165) is 13.0 Å². The molecule has 0 fully saturated rings. The van der Waals surface area contributed by atoms with Gasteiger partial charge < -0.3 is 17.0 Å². The Labute approximate surface area is 80.9 Å². The molecule has 1 aromatic heterocycles. The zero-order chi connectivity index (χ0) is 7.23. The van der Waals surface area contributed by atoms with E-state index < -0.39 is 0 Å². The summed E-state index contributed by atoms with van der Waals surface area (Å²) in [5.74, 6) is 0. The molecule has 0 bridgehead atoms. The predicted octanol–water partition coefficient (Wildman–Crippen LogP) is -1.66. The van der Waals surface area contributed by atoms with Crippen LogP contribution in [0.15, 0.2) is 17.1 Å². The van der Waals surface area contributed by atoms with Gasteiger partial charge in [-0.15, -0.1) is 0 Å². The maximum Gasteiger partial charge on any atom is 0.224 e. The quantitative estimate of drug-likeness (QED) is 0.454. The van der Waals surface area contributed by atoms with E-state index >= 15 is 0 Å². The molecule has 1 aromatic rings. The molecule has 0 saturated heterocycles. The van der Waals surface area contributed by atoms with Gasteiger partial charge in [-0.05, 0) is 0 Å². The van der Waals surface area contributed by atoms with Crippen molar-refractivity contribution in [3.63, 3.8) is 0 Å². The minimum absolute atomic E-state index is 0. The summed E-state index contributed by atoms with van der Waals surface area (Å²) < 4.78 is 2.10. The number of nitriles is 1. The lowest BCUT2D eigenvalue weighted by Crippen LogP contribution is -3.00. The number of hydrogen-bond acceptors (Lipinski definition) is 2. The molecule has 0 spiro atoms. The Balaban J connectivity index is 0.000001000. The zero-order valence-electron chi connectivity index (χ0n) is 6.03. The van der Waals surface area contributed by atoms with E-state index in [4.69, 9.17) is 5.26 Å². The average molecular weight is 233 g/mol. The molecule has 0 amide bonds. The number of hydrogen-bond donors (Lipinski definition) is 0. The lowest BCUT2D eigenvalue weighted by Gasteiger charge is -1.85. The fourth-order valence-corrected chi connectivity index (χ4v) is 1.36. The molecule has 11 heavy (non-hydrogen) atoms. The Morgan fingerprint density at radius 1 is 1.55 bits per heavy atom. The van der Waals surface area contributed by atoms with Gasteiger partial charge in [-0.3, -0.25) is 0 Å². The van der Waals surface area contributed by atoms with Gasteiger partial charge in [-0.2, -0.15) is 9.83 Å². The number of thiazole rings is 1. The van der Waals surface area contributed by atoms with Crippen LogP contribution < -0.4 is 21.5 Å². The summed E-state index contributed by atoms with van der Waals surface area (Å²) in [7, 11) is 0. The van der Waals surface area contributed by atoms with Crippen LogP contribution in [0.4, 0.5) is 0 Å². The van der Waals surface area contributed by atoms with E-state index in [1.807, 2.05) is 11.6 Å². The Bertz CT molecular complexity index is 215. The molecule has 0 aliphatic carbocycles. The number of aryl methyl sites for hydroxylation is 1. The summed E-state index contributed by atoms with van der Waals surface area (Å²) in [4.78, 5) is 0. The summed E-state index contributed by atoms with van der Waals surface area (Å²) >= 11 is 1.68. The van der Waals surface area contributed by atoms with Crippen LogP contribution in [-0.2, 0) is 6.54 Å². The van der Waals surface area contributed by atoms with Gasteiger partial charge in [-0.1, -0.05) is 11.3 Å². The van der Waals surface area contributed by atoms with Crippen LogP contribution in [0, 0.1) is 11.3 Å². The van der Waals surface area contributed by atoms with Crippen LogP contribution in [0.2, 0.25) is 0 Å². The highest BCUT2D eigenvalue weighted by Gasteiger charge is 1.97. The SMILES string of the molecule is N#CCCC[n+]1ccsc1.[Br-]. The molecule has 4 heteroatoms. The van der Waals surface area contributed by atoms with Crippen molar-refractivity contribution in [2.75, 3.05) is 0 Å². The molecule has 0 aromatic carbocycles. The smallest absolute Gasteiger partial charge is 0.224 e. The molecule has 0 unspecified atom stereocenters. The van der Waals surface area contributed by atoms with E-state index in [1.54, 1.807) is 11.3 Å². The number of nitrogens with zero attached hydrogens (tertiary/aromatic N) is 2. The molecule has 1 rings (SSSR count). The van der Waals surface area contributed by atoms with Gasteiger partial charge in [0.2, 0.25) is 5.51 Å². The van der Waals surface area contributed by atoms with Crippen molar-refractivity contribution in [2.45, 2.75) is 19.4 Å². The van der Waals surface area contributed by atoms with Crippen LogP contribution in [-0.4, -0.2) is 0 Å². The standard InChI is InChI=1S/C7H9N2S.BrH/c8-3-1-2-4-9-5-6-10-7-9;/h5-7H,1-2,4H2;1H/q+1;/p-1. The van der Waals surface area contributed by atoms with E-state index in [0.29, 0.717) is 6.42 Å². The van der Waals surface area contributed by atoms with Crippen molar-refractivity contribution in [2.24, 2.45) is 0 Å². The molecular formula is C7H9BrN2S. The fraction of sp³-hybridized carbons (Fsp3) is 0.429. The van der Waals surface area contributed by atoms with Gasteiger partial charge >= 0.3 is 0 Å². The third-order valence-electron chi connectivity index (χ3n) is 1.23. The highest BCUT2D eigenvalue weighted by Crippen LogP contribution is 1.90. The average Bonchev–Trinajstić information content (AvgIpc) is 2.41. The van der Waals surface area contributed by atoms with E-state index in [9.17, 15) is 0 Å². The third kappa shape index (κ3) is 4.12. The van der Waals surface area contributed by atoms with Gasteiger partial charge in [0, 0.05) is 12.8 Å². The minimum Gasteiger partial charge on any atom is -1.00 e. The number of aromatic nitrogens is 1. The Morgan fingerprint density at radius 2 is 2.36 bits per heavy atom. The van der Waals surface area contributed by atoms with Crippen molar-refractivity contribution in [3.05, 3.63) is 17.1 Å². The lowest BCUT2D eigenvalue weighted by molar-refractivity contribution is -0.692. The normalized spacial score (nSPS) is 8.27. The summed E-state index contributed by atoms with van der Waals surface area (Å²) in [6.45, 7) is 0.969. The summed E-state index contributed by atoms with van der Waals surface area (Å²) in [5, 5.41) is 10.3. The van der Waals surface area contributed by atoms with E-state index in [-0.39, 0.29) is 17.0 Å². The first-order valence-electron chi connectivity index (χ1n) is 3.21. The van der Waals surface area contributed by atoms with Crippen molar-refractivity contribution < 1.29 is 21.5 Å². The van der Waals surface area contributed by atoms with E-state index in [2.05, 4.69) is 16.1 Å². The van der Waals surface area contributed by atoms with Crippen molar-refractivity contribution in [1.29, 1.82) is 5.26 Å². The zero-order valence-corrected chi connectivity index (χ0v) is 8.44. The lowest BCUT2D eigenvalue weighted by atomic mass is 10.3. The highest BCUT2D eigenvalue weighted by molar-refractivity contribution is 7.07. The molecule has 0 N–H and O–H groups in total. The Kier molecular flexibility index (Phi) is 6.09. The molecule has 1 heterocycles. The van der Waals surface area contributed by atoms with E-state index in [1.165, 1.54) is 0 Å². The Hall–Kier alpha value is -0.400. The molecule has 0 saturated carbocycles. The fourth-order valence-electron chi connectivity index (χ4n) is 0.730. The second-order valence-corrected chi connectivity index (χ2v) is 2.78. The maximum absolute atomic E-state index is 8.24. The van der Waals surface area contributed by atoms with Gasteiger partial charge in [-0.25, -0.2) is 0 Å². The second kappa shape index (κ2) is 6.32. The van der Waals surface area contributed by atoms with Crippen molar-refractivity contribution in [3.8, 4) is 6.07 Å². The molecular weight excluding hydrogens is 224 g/mol. The first-order chi connectivity index (χ1) is 4.93. The topological polar surface area (TPSA) is 27.7 Å². The maximum atomic E-state index is 8.24. The molecule has 0 radical (unpaired) electrons. The number of unbranched alkanes of at least 4 members (excludes halogenated alkanes) is 1. The largest absolute Gasteiger partial charge is 1.00 e. The minimum atomic E-state index is 0. The van der Waals surface area contributed by atoms with Gasteiger partial charge in [0.1, 0.15) is 6.54 Å². The van der Waals surface area contributed by atoms with Gasteiger partial charge in [0.15, 0.2) is 6.20 Å². The number of halogens is 1. The highest BCUT2D eigenvalue weighted by atomic mass is 79.9. The first-order valence-corrected chi connectivity index (χ1v) is 4.16. The van der Waals surface area contributed by atoms with Crippen LogP contribution in [0.1, 0.15) is 12.8 Å². The van der Waals surface area contributed by atoms with Crippen LogP contribution >= 0.6 is 11.3 Å². The summed E-state index contributed by atoms with van der Waals surface area (Å²) in [5.41, 5.74) is 2.05. The van der Waals surface area contributed by atoms with Crippen LogP contribution in [0.3, 0.4) is 0 Å². The first kappa shape index (κ1) is 10.6. The predicted molar refractivity (Wildman–Crippen MR) is 39.4 cm³/mol. The molecule has 0 aliphatic rings. The molecule has 0 aliphatic heterocycles. The van der Waals surface area contributed by atoms with Gasteiger partial charge in [0.25, 0.3) is 0 Å². The number of rotatable bonds is 3. The monoisotopic (exact) mass is 232 g/mol. The van der Waals surface area contributed by atoms with Crippen LogP contribution in [0.25, 0.3) is 0 Å². The molecule has 60 valence electrons. The van der Waals surface area contributed by atoms with Crippen LogP contribution in [0.5, 0.6) is 0 Å². The second-order valence-electron chi connectivity index (χ2n) is 2.03. The molecule has 0 atom stereocenters. The molecule has 2 nitrogen and oxygen atoms in total. The summed E-state index contributed by atoms with van der Waals surface area (Å²) in [6, 6.07) is 2.12. The Morgan fingerprint density at radius 3 is 2.91 bits per heavy atom. The third-order valence-corrected chi connectivity index (χ3v) is 1.90.